The third-order valence-electron chi connectivity index (χ3n) is 3.24. The van der Waals surface area contributed by atoms with Crippen LogP contribution in [0.2, 0.25) is 0 Å². The van der Waals surface area contributed by atoms with Gasteiger partial charge in [-0.3, -0.25) is 9.59 Å². The largest absolute Gasteiger partial charge is 0.480 e. The second-order valence-electron chi connectivity index (χ2n) is 4.92. The zero-order chi connectivity index (χ0) is 16.8. The zero-order valence-corrected chi connectivity index (χ0v) is 12.2. The van der Waals surface area contributed by atoms with E-state index in [0.29, 0.717) is 11.3 Å². The molecule has 4 N–H and O–H groups in total. The molecular formula is C16H16N2O5. The number of nitrogens with two attached hydrogens (primary N) is 1. The number of benzene rings is 1. The van der Waals surface area contributed by atoms with E-state index in [4.69, 9.17) is 15.3 Å². The Kier molecular flexibility index (Phi) is 5.14. The van der Waals surface area contributed by atoms with Crippen molar-refractivity contribution in [2.45, 2.75) is 18.9 Å². The summed E-state index contributed by atoms with van der Waals surface area (Å²) in [5.74, 6) is -1.70. The lowest BCUT2D eigenvalue weighted by molar-refractivity contribution is -0.139. The first-order valence-corrected chi connectivity index (χ1v) is 6.93. The number of carbonyl (C=O) groups is 3. The zero-order valence-electron chi connectivity index (χ0n) is 12.2. The lowest BCUT2D eigenvalue weighted by Gasteiger charge is -2.13. The Bertz CT molecular complexity index is 692. The molecule has 1 atom stereocenters. The van der Waals surface area contributed by atoms with Gasteiger partial charge in [0.15, 0.2) is 0 Å². The highest BCUT2D eigenvalue weighted by molar-refractivity contribution is 5.97. The van der Waals surface area contributed by atoms with Crippen LogP contribution < -0.4 is 11.1 Å². The SMILES string of the molecule is NC(=O)CC[C@H](NC(=O)c1ccc(-c2ccco2)cc1)C(=O)O. The van der Waals surface area contributed by atoms with Crippen LogP contribution in [0.3, 0.4) is 0 Å². The van der Waals surface area contributed by atoms with E-state index in [-0.39, 0.29) is 12.8 Å². The maximum absolute atomic E-state index is 12.1. The van der Waals surface area contributed by atoms with Crippen LogP contribution in [0.25, 0.3) is 11.3 Å². The number of nitrogens with one attached hydrogen (secondary N) is 1. The van der Waals surface area contributed by atoms with E-state index in [1.54, 1.807) is 42.7 Å². The van der Waals surface area contributed by atoms with Crippen molar-refractivity contribution in [2.24, 2.45) is 5.73 Å². The summed E-state index contributed by atoms with van der Waals surface area (Å²) in [6.45, 7) is 0. The highest BCUT2D eigenvalue weighted by Crippen LogP contribution is 2.20. The summed E-state index contributed by atoms with van der Waals surface area (Å²) in [4.78, 5) is 33.9. The van der Waals surface area contributed by atoms with Gasteiger partial charge in [-0.05, 0) is 30.7 Å². The van der Waals surface area contributed by atoms with Crippen LogP contribution in [0, 0.1) is 0 Å². The second-order valence-corrected chi connectivity index (χ2v) is 4.92. The van der Waals surface area contributed by atoms with E-state index >= 15 is 0 Å². The third-order valence-corrected chi connectivity index (χ3v) is 3.24. The van der Waals surface area contributed by atoms with Crippen molar-refractivity contribution in [2.75, 3.05) is 0 Å². The fourth-order valence-corrected chi connectivity index (χ4v) is 2.01. The molecule has 7 nitrogen and oxygen atoms in total. The Labute approximate surface area is 132 Å². The van der Waals surface area contributed by atoms with E-state index in [2.05, 4.69) is 5.32 Å². The number of hydrogen-bond acceptors (Lipinski definition) is 4. The van der Waals surface area contributed by atoms with Crippen LogP contribution in [0.4, 0.5) is 0 Å². The molecule has 120 valence electrons. The molecule has 7 heteroatoms. The highest BCUT2D eigenvalue weighted by Gasteiger charge is 2.21. The number of hydrogen-bond donors (Lipinski definition) is 3. The Morgan fingerprint density at radius 1 is 1.17 bits per heavy atom. The standard InChI is InChI=1S/C16H16N2O5/c17-14(19)8-7-12(16(21)22)18-15(20)11-5-3-10(4-6-11)13-2-1-9-23-13/h1-6,9,12H,7-8H2,(H2,17,19)(H,18,20)(H,21,22)/t12-/m0/s1. The summed E-state index contributed by atoms with van der Waals surface area (Å²) in [5.41, 5.74) is 6.10. The number of primary amides is 1. The first kappa shape index (κ1) is 16.3. The molecule has 2 aromatic rings. The van der Waals surface area contributed by atoms with Crippen LogP contribution in [-0.4, -0.2) is 28.9 Å². The highest BCUT2D eigenvalue weighted by atomic mass is 16.4. The van der Waals surface area contributed by atoms with Crippen molar-refractivity contribution < 1.29 is 23.9 Å². The predicted molar refractivity (Wildman–Crippen MR) is 81.5 cm³/mol. The molecule has 0 fully saturated rings. The summed E-state index contributed by atoms with van der Waals surface area (Å²) >= 11 is 0. The number of aliphatic carboxylic acids is 1. The first-order valence-electron chi connectivity index (χ1n) is 6.93. The van der Waals surface area contributed by atoms with Crippen molar-refractivity contribution in [3.63, 3.8) is 0 Å². The molecule has 0 aliphatic heterocycles. The summed E-state index contributed by atoms with van der Waals surface area (Å²) in [6, 6.07) is 8.92. The van der Waals surface area contributed by atoms with E-state index in [1.807, 2.05) is 0 Å². The summed E-state index contributed by atoms with van der Waals surface area (Å²) in [7, 11) is 0. The number of carboxylic acid groups (broad SMARTS) is 1. The molecule has 0 spiro atoms. The molecule has 23 heavy (non-hydrogen) atoms. The number of rotatable bonds is 7. The van der Waals surface area contributed by atoms with Gasteiger partial charge in [-0.1, -0.05) is 12.1 Å². The average Bonchev–Trinajstić information content (AvgIpc) is 3.05. The van der Waals surface area contributed by atoms with Crippen LogP contribution in [0.5, 0.6) is 0 Å². The van der Waals surface area contributed by atoms with Gasteiger partial charge in [-0.2, -0.15) is 0 Å². The van der Waals surface area contributed by atoms with Gasteiger partial charge in [0.05, 0.1) is 6.26 Å². The van der Waals surface area contributed by atoms with E-state index in [1.165, 1.54) is 0 Å². The quantitative estimate of drug-likeness (QED) is 0.712. The molecular weight excluding hydrogens is 300 g/mol. The molecule has 0 aliphatic rings. The maximum atomic E-state index is 12.1. The average molecular weight is 316 g/mol. The van der Waals surface area contributed by atoms with Gasteiger partial charge in [0, 0.05) is 17.5 Å². The lowest BCUT2D eigenvalue weighted by atomic mass is 10.1. The Morgan fingerprint density at radius 2 is 1.87 bits per heavy atom. The molecule has 1 aromatic heterocycles. The van der Waals surface area contributed by atoms with Crippen molar-refractivity contribution in [3.05, 3.63) is 48.2 Å². The summed E-state index contributed by atoms with van der Waals surface area (Å²) < 4.78 is 5.25. The lowest BCUT2D eigenvalue weighted by Crippen LogP contribution is -2.41. The molecule has 0 saturated carbocycles. The van der Waals surface area contributed by atoms with Gasteiger partial charge >= 0.3 is 5.97 Å². The number of carbonyl (C=O) groups excluding carboxylic acids is 2. The normalized spacial score (nSPS) is 11.7. The third kappa shape index (κ3) is 4.44. The van der Waals surface area contributed by atoms with Gasteiger partial charge in [0.1, 0.15) is 11.8 Å². The van der Waals surface area contributed by atoms with Crippen molar-refractivity contribution in [1.29, 1.82) is 0 Å². The summed E-state index contributed by atoms with van der Waals surface area (Å²) in [5, 5.41) is 11.4. The molecule has 0 unspecified atom stereocenters. The van der Waals surface area contributed by atoms with Crippen molar-refractivity contribution in [1.82, 2.24) is 5.32 Å². The topological polar surface area (TPSA) is 123 Å². The predicted octanol–water partition coefficient (Wildman–Crippen LogP) is 1.40. The van der Waals surface area contributed by atoms with E-state index < -0.39 is 23.8 Å². The number of amides is 2. The Hall–Kier alpha value is -3.09. The Morgan fingerprint density at radius 3 is 2.39 bits per heavy atom. The minimum atomic E-state index is -1.22. The first-order chi connectivity index (χ1) is 11.0. The van der Waals surface area contributed by atoms with Gasteiger partial charge < -0.3 is 20.6 Å². The molecule has 0 saturated heterocycles. The van der Waals surface area contributed by atoms with E-state index in [0.717, 1.165) is 5.56 Å². The van der Waals surface area contributed by atoms with E-state index in [9.17, 15) is 14.4 Å². The minimum Gasteiger partial charge on any atom is -0.480 e. The smallest absolute Gasteiger partial charge is 0.326 e. The van der Waals surface area contributed by atoms with Crippen molar-refractivity contribution >= 4 is 17.8 Å². The second kappa shape index (κ2) is 7.26. The number of carboxylic acids is 1. The minimum absolute atomic E-state index is 0.0547. The monoisotopic (exact) mass is 316 g/mol. The van der Waals surface area contributed by atoms with Crippen LogP contribution in [0.15, 0.2) is 47.1 Å². The van der Waals surface area contributed by atoms with Gasteiger partial charge in [-0.15, -0.1) is 0 Å². The molecule has 0 radical (unpaired) electrons. The fourth-order valence-electron chi connectivity index (χ4n) is 2.01. The molecule has 0 aliphatic carbocycles. The van der Waals surface area contributed by atoms with Gasteiger partial charge in [-0.25, -0.2) is 4.79 Å². The van der Waals surface area contributed by atoms with Crippen LogP contribution in [-0.2, 0) is 9.59 Å². The molecule has 2 rings (SSSR count). The molecule has 1 heterocycles. The van der Waals surface area contributed by atoms with Crippen molar-refractivity contribution in [3.8, 4) is 11.3 Å². The molecule has 0 bridgehead atoms. The molecule has 2 amide bonds. The van der Waals surface area contributed by atoms with Crippen LogP contribution >= 0.6 is 0 Å². The fraction of sp³-hybridized carbons (Fsp3) is 0.188. The maximum Gasteiger partial charge on any atom is 0.326 e. The Balaban J connectivity index is 2.04. The number of furan rings is 1. The van der Waals surface area contributed by atoms with Crippen LogP contribution in [0.1, 0.15) is 23.2 Å². The van der Waals surface area contributed by atoms with Gasteiger partial charge in [0.25, 0.3) is 5.91 Å². The van der Waals surface area contributed by atoms with Gasteiger partial charge in [0.2, 0.25) is 5.91 Å². The summed E-state index contributed by atoms with van der Waals surface area (Å²) in [6.07, 6.45) is 1.38. The molecule has 1 aromatic carbocycles.